The van der Waals surface area contributed by atoms with Gasteiger partial charge in [0, 0.05) is 5.56 Å². The summed E-state index contributed by atoms with van der Waals surface area (Å²) in [6.45, 7) is 4.75. The minimum atomic E-state index is -0.167. The highest BCUT2D eigenvalue weighted by Gasteiger charge is 2.20. The summed E-state index contributed by atoms with van der Waals surface area (Å²) in [6, 6.07) is 25.0. The second kappa shape index (κ2) is 9.88. The highest BCUT2D eigenvalue weighted by atomic mass is 31.1. The van der Waals surface area contributed by atoms with E-state index in [9.17, 15) is 5.26 Å². The monoisotopic (exact) mass is 423 g/mol. The summed E-state index contributed by atoms with van der Waals surface area (Å²) in [7, 11) is 0.773. The van der Waals surface area contributed by atoms with Crippen LogP contribution in [0.3, 0.4) is 0 Å². The quantitative estimate of drug-likeness (QED) is 0.392. The van der Waals surface area contributed by atoms with Gasteiger partial charge in [0.05, 0.1) is 18.2 Å². The van der Waals surface area contributed by atoms with Crippen molar-refractivity contribution in [2.75, 3.05) is 6.16 Å². The molecule has 2 nitrogen and oxygen atoms in total. The van der Waals surface area contributed by atoms with Crippen molar-refractivity contribution >= 4 is 8.58 Å². The van der Waals surface area contributed by atoms with E-state index in [1.54, 1.807) is 0 Å². The Morgan fingerprint density at radius 3 is 2.45 bits per heavy atom. The summed E-state index contributed by atoms with van der Waals surface area (Å²) in [4.78, 5) is 0. The van der Waals surface area contributed by atoms with Crippen LogP contribution in [0.5, 0.6) is 0 Å². The first-order chi connectivity index (χ1) is 15.2. The average Bonchev–Trinajstić information content (AvgIpc) is 2.81. The van der Waals surface area contributed by atoms with Gasteiger partial charge in [-0.2, -0.15) is 5.26 Å². The molecule has 0 spiro atoms. The molecule has 3 aromatic rings. The topological polar surface area (TPSA) is 33.0 Å². The first-order valence-electron chi connectivity index (χ1n) is 10.5. The molecular weight excluding hydrogens is 397 g/mol. The Bertz CT molecular complexity index is 1190. The molecule has 0 saturated heterocycles. The fourth-order valence-corrected chi connectivity index (χ4v) is 4.76. The molecule has 1 aliphatic rings. The normalized spacial score (nSPS) is 14.8. The van der Waals surface area contributed by atoms with E-state index in [0.717, 1.165) is 37.0 Å². The van der Waals surface area contributed by atoms with E-state index in [2.05, 4.69) is 80.4 Å². The molecular formula is C28H26NOP. The van der Waals surface area contributed by atoms with Crippen molar-refractivity contribution in [2.24, 2.45) is 0 Å². The smallest absolute Gasteiger partial charge is 0.108 e. The summed E-state index contributed by atoms with van der Waals surface area (Å²) in [5.74, 6) is 2.30. The van der Waals surface area contributed by atoms with Crippen LogP contribution in [0.1, 0.15) is 33.9 Å². The van der Waals surface area contributed by atoms with Crippen LogP contribution in [-0.4, -0.2) is 6.16 Å². The molecule has 2 unspecified atom stereocenters. The van der Waals surface area contributed by atoms with Crippen molar-refractivity contribution in [1.82, 2.24) is 0 Å². The highest BCUT2D eigenvalue weighted by molar-refractivity contribution is 7.42. The molecule has 0 saturated carbocycles. The molecule has 31 heavy (non-hydrogen) atoms. The maximum Gasteiger partial charge on any atom is 0.108 e. The molecule has 4 rings (SSSR count). The Kier molecular flexibility index (Phi) is 6.78. The summed E-state index contributed by atoms with van der Waals surface area (Å²) in [6.07, 6.45) is 5.34. The lowest BCUT2D eigenvalue weighted by Gasteiger charge is -2.23. The van der Waals surface area contributed by atoms with E-state index in [1.165, 1.54) is 16.7 Å². The van der Waals surface area contributed by atoms with Crippen molar-refractivity contribution in [1.29, 1.82) is 5.26 Å². The fraction of sp³-hybridized carbons (Fsp3) is 0.179. The third-order valence-electron chi connectivity index (χ3n) is 5.69. The van der Waals surface area contributed by atoms with Gasteiger partial charge in [-0.05, 0) is 65.5 Å². The van der Waals surface area contributed by atoms with Gasteiger partial charge in [0.15, 0.2) is 0 Å². The maximum absolute atomic E-state index is 9.73. The van der Waals surface area contributed by atoms with Gasteiger partial charge in [0.2, 0.25) is 0 Å². The van der Waals surface area contributed by atoms with Crippen molar-refractivity contribution < 1.29 is 4.74 Å². The number of aryl methyl sites for hydroxylation is 2. The zero-order valence-corrected chi connectivity index (χ0v) is 18.9. The van der Waals surface area contributed by atoms with Crippen LogP contribution in [0.25, 0.3) is 11.1 Å². The lowest BCUT2D eigenvalue weighted by Crippen LogP contribution is -2.09. The van der Waals surface area contributed by atoms with Gasteiger partial charge in [0.1, 0.15) is 6.10 Å². The van der Waals surface area contributed by atoms with E-state index in [0.29, 0.717) is 12.2 Å². The van der Waals surface area contributed by atoms with Crippen LogP contribution in [-0.2, 0) is 11.3 Å². The predicted octanol–water partition coefficient (Wildman–Crippen LogP) is 7.23. The van der Waals surface area contributed by atoms with E-state index >= 15 is 0 Å². The van der Waals surface area contributed by atoms with Gasteiger partial charge in [-0.15, -0.1) is 0 Å². The zero-order chi connectivity index (χ0) is 21.6. The first kappa shape index (κ1) is 21.3. The molecule has 154 valence electrons. The maximum atomic E-state index is 9.73. The van der Waals surface area contributed by atoms with Crippen LogP contribution in [0.15, 0.2) is 90.3 Å². The van der Waals surface area contributed by atoms with Gasteiger partial charge in [0.25, 0.3) is 0 Å². The third kappa shape index (κ3) is 4.86. The van der Waals surface area contributed by atoms with Crippen LogP contribution >= 0.6 is 8.58 Å². The number of nitrogens with zero attached hydrogens (tertiary/aromatic N) is 1. The molecule has 0 amide bonds. The second-order valence-electron chi connectivity index (χ2n) is 7.80. The lowest BCUT2D eigenvalue weighted by molar-refractivity contribution is 0.0661. The van der Waals surface area contributed by atoms with E-state index in [-0.39, 0.29) is 6.10 Å². The standard InChI is InChI=1S/C28H26NOP/c1-20-8-3-5-10-24(20)18-30-28(25-11-7-15-31-19-25)22-13-14-23(17-29)27(16-22)26-12-6-4-9-21(26)2/h3-14,16,19,28,31H,15,18H2,1-2H3. The Hall–Kier alpha value is -2.98. The molecule has 0 aliphatic carbocycles. The molecule has 0 N–H and O–H groups in total. The highest BCUT2D eigenvalue weighted by Crippen LogP contribution is 2.37. The van der Waals surface area contributed by atoms with Gasteiger partial charge < -0.3 is 4.74 Å². The predicted molar refractivity (Wildman–Crippen MR) is 130 cm³/mol. The van der Waals surface area contributed by atoms with Crippen LogP contribution < -0.4 is 0 Å². The molecule has 3 aromatic carbocycles. The summed E-state index contributed by atoms with van der Waals surface area (Å²) < 4.78 is 6.53. The van der Waals surface area contributed by atoms with Crippen LogP contribution in [0, 0.1) is 25.2 Å². The molecule has 1 aliphatic heterocycles. The minimum Gasteiger partial charge on any atom is -0.364 e. The van der Waals surface area contributed by atoms with Crippen molar-refractivity contribution in [2.45, 2.75) is 26.6 Å². The molecule has 0 bridgehead atoms. The molecule has 3 heteroatoms. The minimum absolute atomic E-state index is 0.167. The number of nitriles is 1. The Balaban J connectivity index is 1.74. The van der Waals surface area contributed by atoms with E-state index < -0.39 is 0 Å². The number of hydrogen-bond acceptors (Lipinski definition) is 2. The SMILES string of the molecule is Cc1ccccc1COC(C1=CPCC=C1)c1ccc(C#N)c(-c2ccccc2C)c1. The summed E-state index contributed by atoms with van der Waals surface area (Å²) >= 11 is 0. The lowest BCUT2D eigenvalue weighted by atomic mass is 9.92. The Morgan fingerprint density at radius 2 is 1.74 bits per heavy atom. The van der Waals surface area contributed by atoms with Crippen LogP contribution in [0.4, 0.5) is 0 Å². The number of allylic oxidation sites excluding steroid dienone is 1. The number of hydrogen-bond donors (Lipinski definition) is 0. The Labute approximate surface area is 186 Å². The number of ether oxygens (including phenoxy) is 1. The van der Waals surface area contributed by atoms with Crippen molar-refractivity contribution in [3.8, 4) is 17.2 Å². The van der Waals surface area contributed by atoms with Crippen LogP contribution in [0.2, 0.25) is 0 Å². The molecule has 1 heterocycles. The first-order valence-corrected chi connectivity index (χ1v) is 11.8. The van der Waals surface area contributed by atoms with Gasteiger partial charge in [-0.1, -0.05) is 81.1 Å². The number of rotatable bonds is 6. The average molecular weight is 423 g/mol. The fourth-order valence-electron chi connectivity index (χ4n) is 3.90. The second-order valence-corrected chi connectivity index (χ2v) is 8.91. The third-order valence-corrected chi connectivity index (χ3v) is 6.70. The summed E-state index contributed by atoms with van der Waals surface area (Å²) in [5.41, 5.74) is 8.60. The largest absolute Gasteiger partial charge is 0.364 e. The van der Waals surface area contributed by atoms with Crippen molar-refractivity contribution in [3.63, 3.8) is 0 Å². The molecule has 0 radical (unpaired) electrons. The van der Waals surface area contributed by atoms with E-state index in [1.807, 2.05) is 24.3 Å². The van der Waals surface area contributed by atoms with Gasteiger partial charge >= 0.3 is 0 Å². The molecule has 2 atom stereocenters. The van der Waals surface area contributed by atoms with Gasteiger partial charge in [-0.3, -0.25) is 0 Å². The van der Waals surface area contributed by atoms with E-state index in [4.69, 9.17) is 4.74 Å². The Morgan fingerprint density at radius 1 is 0.968 bits per heavy atom. The number of benzene rings is 3. The molecule has 0 fully saturated rings. The zero-order valence-electron chi connectivity index (χ0n) is 17.9. The summed E-state index contributed by atoms with van der Waals surface area (Å²) in [5, 5.41) is 9.73. The van der Waals surface area contributed by atoms with Crippen molar-refractivity contribution in [3.05, 3.63) is 118 Å². The van der Waals surface area contributed by atoms with Gasteiger partial charge in [-0.25, -0.2) is 0 Å². The molecule has 0 aromatic heterocycles.